The van der Waals surface area contributed by atoms with Gasteiger partial charge < -0.3 is 10.2 Å². The lowest BCUT2D eigenvalue weighted by Crippen LogP contribution is -2.47. The van der Waals surface area contributed by atoms with Crippen molar-refractivity contribution in [1.82, 2.24) is 15.2 Å². The van der Waals surface area contributed by atoms with E-state index in [1.807, 2.05) is 11.3 Å². The summed E-state index contributed by atoms with van der Waals surface area (Å²) in [5, 5.41) is 4.70. The Balaban J connectivity index is 1.65. The topological polar surface area (TPSA) is 31.4 Å². The van der Waals surface area contributed by atoms with Crippen molar-refractivity contribution in [2.24, 2.45) is 5.92 Å². The first-order valence-corrected chi connectivity index (χ1v) is 9.13. The van der Waals surface area contributed by atoms with E-state index in [-0.39, 0.29) is 0 Å². The van der Waals surface area contributed by atoms with Crippen molar-refractivity contribution in [2.45, 2.75) is 39.2 Å². The van der Waals surface area contributed by atoms with E-state index in [0.717, 1.165) is 25.4 Å². The maximum Gasteiger partial charge on any atom is 0.185 e. The molecule has 2 aliphatic rings. The monoisotopic (exact) mass is 308 g/mol. The van der Waals surface area contributed by atoms with Gasteiger partial charge in [0.05, 0.1) is 5.69 Å². The summed E-state index contributed by atoms with van der Waals surface area (Å²) in [4.78, 5) is 11.5. The smallest absolute Gasteiger partial charge is 0.185 e. The molecule has 0 aromatic carbocycles. The van der Waals surface area contributed by atoms with E-state index in [0.29, 0.717) is 6.04 Å². The molecule has 1 aliphatic carbocycles. The summed E-state index contributed by atoms with van der Waals surface area (Å²) in [6.07, 6.45) is 3.69. The molecular formula is C16H28N4S. The number of nitrogens with zero attached hydrogens (tertiary/aromatic N) is 3. The zero-order valence-electron chi connectivity index (χ0n) is 13.6. The highest BCUT2D eigenvalue weighted by Gasteiger charge is 2.26. The molecule has 4 nitrogen and oxygen atoms in total. The summed E-state index contributed by atoms with van der Waals surface area (Å²) in [6, 6.07) is 0.530. The number of aromatic nitrogens is 1. The lowest BCUT2D eigenvalue weighted by molar-refractivity contribution is 0.231. The van der Waals surface area contributed by atoms with Gasteiger partial charge in [-0.1, -0.05) is 25.2 Å². The van der Waals surface area contributed by atoms with Crippen LogP contribution in [0, 0.1) is 5.92 Å². The van der Waals surface area contributed by atoms with Crippen molar-refractivity contribution in [1.29, 1.82) is 0 Å². The molecule has 0 bridgehead atoms. The second-order valence-electron chi connectivity index (χ2n) is 6.72. The second kappa shape index (κ2) is 6.63. The van der Waals surface area contributed by atoms with Crippen LogP contribution >= 0.6 is 11.3 Å². The molecule has 5 heteroatoms. The number of thiazole rings is 1. The Morgan fingerprint density at radius 3 is 2.71 bits per heavy atom. The molecule has 0 amide bonds. The minimum Gasteiger partial charge on any atom is -0.346 e. The van der Waals surface area contributed by atoms with E-state index < -0.39 is 0 Å². The highest BCUT2D eigenvalue weighted by molar-refractivity contribution is 7.15. The van der Waals surface area contributed by atoms with Gasteiger partial charge in [-0.15, -0.1) is 0 Å². The minimum atomic E-state index is 0.530. The number of fused-ring (bicyclic) bond motifs is 1. The molecule has 1 fully saturated rings. The standard InChI is InChI=1S/C16H28N4S/c1-12(2)11-19-7-9-20(10-8-19)16-18-14-6-4-5-13(17-3)15(14)21-16/h12-13,17H,4-11H2,1-3H3. The quantitative estimate of drug-likeness (QED) is 0.926. The van der Waals surface area contributed by atoms with Gasteiger partial charge in [-0.2, -0.15) is 0 Å². The van der Waals surface area contributed by atoms with Gasteiger partial charge in [0.15, 0.2) is 5.13 Å². The lowest BCUT2D eigenvalue weighted by atomic mass is 9.98. The van der Waals surface area contributed by atoms with E-state index in [1.54, 1.807) is 0 Å². The molecule has 2 heterocycles. The molecule has 21 heavy (non-hydrogen) atoms. The first-order valence-electron chi connectivity index (χ1n) is 8.31. The Morgan fingerprint density at radius 1 is 1.29 bits per heavy atom. The van der Waals surface area contributed by atoms with Crippen LogP contribution in [-0.4, -0.2) is 49.7 Å². The third-order valence-electron chi connectivity index (χ3n) is 4.55. The summed E-state index contributed by atoms with van der Waals surface area (Å²) in [6.45, 7) is 10.4. The Labute approximate surface area is 132 Å². The largest absolute Gasteiger partial charge is 0.346 e. The highest BCUT2D eigenvalue weighted by atomic mass is 32.1. The van der Waals surface area contributed by atoms with Crippen LogP contribution in [0.5, 0.6) is 0 Å². The van der Waals surface area contributed by atoms with Crippen LogP contribution in [0.25, 0.3) is 0 Å². The minimum absolute atomic E-state index is 0.530. The maximum atomic E-state index is 4.94. The highest BCUT2D eigenvalue weighted by Crippen LogP contribution is 2.37. The van der Waals surface area contributed by atoms with Crippen molar-refractivity contribution in [3.05, 3.63) is 10.6 Å². The molecule has 0 saturated carbocycles. The number of anilines is 1. The van der Waals surface area contributed by atoms with Gasteiger partial charge in [-0.25, -0.2) is 4.98 Å². The van der Waals surface area contributed by atoms with Crippen LogP contribution in [0.15, 0.2) is 0 Å². The summed E-state index contributed by atoms with van der Waals surface area (Å²) in [5.74, 6) is 0.764. The fraction of sp³-hybridized carbons (Fsp3) is 0.812. The van der Waals surface area contributed by atoms with Gasteiger partial charge in [0.25, 0.3) is 0 Å². The van der Waals surface area contributed by atoms with Gasteiger partial charge in [0.1, 0.15) is 0 Å². The normalized spacial score (nSPS) is 23.6. The zero-order chi connectivity index (χ0) is 14.8. The molecule has 0 radical (unpaired) electrons. The van der Waals surface area contributed by atoms with Crippen molar-refractivity contribution < 1.29 is 0 Å². The number of piperazine rings is 1. The van der Waals surface area contributed by atoms with Crippen molar-refractivity contribution >= 4 is 16.5 Å². The lowest BCUT2D eigenvalue weighted by Gasteiger charge is -2.35. The van der Waals surface area contributed by atoms with E-state index >= 15 is 0 Å². The average molecular weight is 308 g/mol. The Morgan fingerprint density at radius 2 is 2.05 bits per heavy atom. The van der Waals surface area contributed by atoms with Crippen molar-refractivity contribution in [3.8, 4) is 0 Å². The van der Waals surface area contributed by atoms with Gasteiger partial charge in [0, 0.05) is 43.6 Å². The fourth-order valence-corrected chi connectivity index (χ4v) is 4.76. The van der Waals surface area contributed by atoms with Gasteiger partial charge in [0.2, 0.25) is 0 Å². The van der Waals surface area contributed by atoms with Crippen LogP contribution in [0.2, 0.25) is 0 Å². The predicted octanol–water partition coefficient (Wildman–Crippen LogP) is 2.52. The number of aryl methyl sites for hydroxylation is 1. The first-order chi connectivity index (χ1) is 10.2. The van der Waals surface area contributed by atoms with Crippen LogP contribution < -0.4 is 10.2 Å². The molecule has 1 aromatic rings. The second-order valence-corrected chi connectivity index (χ2v) is 7.73. The third kappa shape index (κ3) is 3.41. The number of rotatable bonds is 4. The molecule has 1 atom stereocenters. The third-order valence-corrected chi connectivity index (χ3v) is 5.83. The Bertz CT molecular complexity index is 463. The molecule has 1 aliphatic heterocycles. The van der Waals surface area contributed by atoms with E-state index in [4.69, 9.17) is 4.98 Å². The van der Waals surface area contributed by atoms with Crippen LogP contribution in [0.4, 0.5) is 5.13 Å². The molecule has 1 saturated heterocycles. The molecule has 1 aromatic heterocycles. The molecule has 1 N–H and O–H groups in total. The van der Waals surface area contributed by atoms with Crippen molar-refractivity contribution in [2.75, 3.05) is 44.7 Å². The van der Waals surface area contributed by atoms with Crippen LogP contribution in [0.3, 0.4) is 0 Å². The van der Waals surface area contributed by atoms with Crippen molar-refractivity contribution in [3.63, 3.8) is 0 Å². The number of hydrogen-bond acceptors (Lipinski definition) is 5. The van der Waals surface area contributed by atoms with Crippen LogP contribution in [0.1, 0.15) is 43.3 Å². The molecule has 0 spiro atoms. The molecule has 118 valence electrons. The van der Waals surface area contributed by atoms with E-state index in [2.05, 4.69) is 36.0 Å². The predicted molar refractivity (Wildman–Crippen MR) is 90.3 cm³/mol. The fourth-order valence-electron chi connectivity index (χ4n) is 3.46. The summed E-state index contributed by atoms with van der Waals surface area (Å²) in [7, 11) is 2.07. The summed E-state index contributed by atoms with van der Waals surface area (Å²) < 4.78 is 0. The molecule has 3 rings (SSSR count). The molecular weight excluding hydrogens is 280 g/mol. The first kappa shape index (κ1) is 15.3. The summed E-state index contributed by atoms with van der Waals surface area (Å²) >= 11 is 1.92. The average Bonchev–Trinajstić information content (AvgIpc) is 2.91. The van der Waals surface area contributed by atoms with Crippen LogP contribution in [-0.2, 0) is 6.42 Å². The summed E-state index contributed by atoms with van der Waals surface area (Å²) in [5.41, 5.74) is 1.35. The zero-order valence-corrected chi connectivity index (χ0v) is 14.4. The SMILES string of the molecule is CNC1CCCc2nc(N3CCN(CC(C)C)CC3)sc21. The van der Waals surface area contributed by atoms with Gasteiger partial charge >= 0.3 is 0 Å². The number of hydrogen-bond donors (Lipinski definition) is 1. The Hall–Kier alpha value is -0.650. The van der Waals surface area contributed by atoms with Gasteiger partial charge in [-0.3, -0.25) is 4.90 Å². The van der Waals surface area contributed by atoms with E-state index in [1.165, 1.54) is 48.2 Å². The number of nitrogens with one attached hydrogen (secondary N) is 1. The van der Waals surface area contributed by atoms with E-state index in [9.17, 15) is 0 Å². The molecule has 1 unspecified atom stereocenters. The van der Waals surface area contributed by atoms with Gasteiger partial charge in [-0.05, 0) is 32.2 Å². The maximum absolute atomic E-state index is 4.94. The Kier molecular flexibility index (Phi) is 4.82.